The number of rotatable bonds is 28. The van der Waals surface area contributed by atoms with Crippen LogP contribution in [0.5, 0.6) is 0 Å². The van der Waals surface area contributed by atoms with Crippen molar-refractivity contribution in [1.82, 2.24) is 10.6 Å². The highest BCUT2D eigenvalue weighted by Crippen LogP contribution is 2.32. The molecule has 84 heavy (non-hydrogen) atoms. The SMILES string of the molecule is CCC(C)C(=O)NCCC[N+](C)(C)Cc1ccc(C[N+](C)(C)CCCNC(=O)C(C)CC)cc1.CCC(C)c1ccc(C[N+](C)(C)C)cc1.CCC(C)c1ccc(C[N+]23CC[N+](Cc4ccc(C(C)CC)cc4)(CC2)CC3)cc1.[Cl-].[Cl-].[Cl-].[Cl-].[Cl-]. The number of nitrogens with zero attached hydrogens (tertiary/aromatic N) is 5. The Kier molecular flexibility index (Phi) is 39.4. The first kappa shape index (κ1) is 83.1. The normalized spacial score (nSPS) is 18.0. The Labute approximate surface area is 545 Å². The van der Waals surface area contributed by atoms with Gasteiger partial charge in [-0.2, -0.15) is 0 Å². The molecular formula is C70H118Cl5N7O2. The molecule has 0 radical (unpaired) electrons. The van der Waals surface area contributed by atoms with Crippen LogP contribution in [0.4, 0.5) is 0 Å². The largest absolute Gasteiger partial charge is 1.00 e. The molecule has 3 saturated heterocycles. The topological polar surface area (TPSA) is 58.2 Å². The summed E-state index contributed by atoms with van der Waals surface area (Å²) >= 11 is 0. The van der Waals surface area contributed by atoms with E-state index in [0.29, 0.717) is 17.8 Å². The zero-order valence-electron chi connectivity index (χ0n) is 55.6. The molecule has 4 aromatic rings. The third-order valence-corrected chi connectivity index (χ3v) is 18.2. The number of hydrogen-bond acceptors (Lipinski definition) is 2. The van der Waals surface area contributed by atoms with Crippen LogP contribution in [0.2, 0.25) is 0 Å². The van der Waals surface area contributed by atoms with E-state index in [4.69, 9.17) is 0 Å². The summed E-state index contributed by atoms with van der Waals surface area (Å²) in [7, 11) is 15.7. The Morgan fingerprint density at radius 2 is 0.643 bits per heavy atom. The quantitative estimate of drug-likeness (QED) is 0.0536. The molecule has 0 saturated carbocycles. The average Bonchev–Trinajstić information content (AvgIpc) is 3.63. The van der Waals surface area contributed by atoms with E-state index >= 15 is 0 Å². The lowest BCUT2D eigenvalue weighted by Gasteiger charge is -2.55. The molecule has 4 aromatic carbocycles. The zero-order valence-corrected chi connectivity index (χ0v) is 59.4. The molecule has 3 aliphatic rings. The molecule has 5 unspecified atom stereocenters. The van der Waals surface area contributed by atoms with Gasteiger partial charge in [0, 0.05) is 65.6 Å². The summed E-state index contributed by atoms with van der Waals surface area (Å²) in [6.07, 6.45) is 7.40. The van der Waals surface area contributed by atoms with Gasteiger partial charge in [0.1, 0.15) is 72.0 Å². The zero-order chi connectivity index (χ0) is 58.4. The number of amides is 2. The van der Waals surface area contributed by atoms with E-state index in [2.05, 4.69) is 199 Å². The lowest BCUT2D eigenvalue weighted by molar-refractivity contribution is -1.09. The number of carbonyl (C=O) groups is 2. The molecule has 0 spiro atoms. The molecule has 0 aliphatic carbocycles. The van der Waals surface area contributed by atoms with Crippen molar-refractivity contribution < 1.29 is 94.0 Å². The van der Waals surface area contributed by atoms with E-state index in [1.54, 1.807) is 0 Å². The average molecular weight is 1270 g/mol. The molecule has 7 rings (SSSR count). The van der Waals surface area contributed by atoms with Crippen molar-refractivity contribution in [1.29, 1.82) is 0 Å². The van der Waals surface area contributed by atoms with Gasteiger partial charge in [-0.25, -0.2) is 0 Å². The van der Waals surface area contributed by atoms with Crippen molar-refractivity contribution in [3.63, 3.8) is 0 Å². The summed E-state index contributed by atoms with van der Waals surface area (Å²) in [5, 5.41) is 6.12. The lowest BCUT2D eigenvalue weighted by atomic mass is 9.96. The minimum Gasteiger partial charge on any atom is -1.00 e. The molecule has 14 heteroatoms. The molecule has 3 heterocycles. The summed E-state index contributed by atoms with van der Waals surface area (Å²) in [6.45, 7) is 38.9. The van der Waals surface area contributed by atoms with Gasteiger partial charge in [-0.1, -0.05) is 166 Å². The molecule has 9 nitrogen and oxygen atoms in total. The minimum atomic E-state index is 0. The second-order valence-electron chi connectivity index (χ2n) is 27.3. The van der Waals surface area contributed by atoms with Gasteiger partial charge in [-0.05, 0) is 66.5 Å². The molecule has 3 aliphatic heterocycles. The monoisotopic (exact) mass is 1260 g/mol. The van der Waals surface area contributed by atoms with Crippen molar-refractivity contribution in [2.75, 3.05) is 115 Å². The Morgan fingerprint density at radius 1 is 0.393 bits per heavy atom. The summed E-state index contributed by atoms with van der Waals surface area (Å²) in [5.41, 5.74) is 11.6. The first-order valence-corrected chi connectivity index (χ1v) is 31.3. The summed E-state index contributed by atoms with van der Waals surface area (Å²) in [6, 6.07) is 37.2. The number of nitrogens with one attached hydrogen (secondary N) is 2. The Hall–Kier alpha value is -2.93. The molecule has 5 atom stereocenters. The van der Waals surface area contributed by atoms with Crippen LogP contribution in [0, 0.1) is 11.8 Å². The number of quaternary nitrogens is 5. The third kappa shape index (κ3) is 28.9. The highest BCUT2D eigenvalue weighted by Gasteiger charge is 2.49. The van der Waals surface area contributed by atoms with Crippen LogP contribution in [0.15, 0.2) is 97.1 Å². The Morgan fingerprint density at radius 3 is 0.893 bits per heavy atom. The molecule has 2 bridgehead atoms. The standard InChI is InChI=1S/C28H50N4O2.C28H42N2.C14H24N.5ClH/c1-9-23(3)27(33)29-17-11-19-31(5,6)21-25-13-15-26(16-14-25)22-32(7,8)20-12-18-30-28(34)24(4)10-2;1-5-23(3)27-11-7-25(8-12-27)21-29-15-18-30(19-16-29,20-17-29)22-26-9-13-28(14-10-26)24(4)6-2;1-6-12(2)14-9-7-13(8-10-14)11-15(3,4)5;;;;;/h13-16,23-24H,9-12,17-22H2,1-8H3;7-14,23-24H,5-6,15-22H2,1-4H3;7-10,12H,6,11H2,1-5H3;5*1H/q;+2;+1;;;;;/p-3. The fourth-order valence-electron chi connectivity index (χ4n) is 11.4. The number of hydrogen-bond donors (Lipinski definition) is 2. The van der Waals surface area contributed by atoms with Gasteiger partial charge in [0.15, 0.2) is 0 Å². The molecular weight excluding hydrogens is 1150 g/mol. The van der Waals surface area contributed by atoms with Crippen LogP contribution >= 0.6 is 0 Å². The highest BCUT2D eigenvalue weighted by molar-refractivity contribution is 5.78. The van der Waals surface area contributed by atoms with Crippen LogP contribution in [-0.2, 0) is 42.3 Å². The maximum Gasteiger partial charge on any atom is 0.222 e. The van der Waals surface area contributed by atoms with E-state index in [1.807, 2.05) is 27.7 Å². The van der Waals surface area contributed by atoms with Crippen molar-refractivity contribution in [3.05, 3.63) is 142 Å². The molecule has 0 aromatic heterocycles. The van der Waals surface area contributed by atoms with Gasteiger partial charge < -0.3 is 95.1 Å². The number of fused-ring (bicyclic) bond motifs is 3. The highest BCUT2D eigenvalue weighted by atomic mass is 35.5. The number of piperazine rings is 3. The number of carbonyl (C=O) groups excluding carboxylic acids is 2. The van der Waals surface area contributed by atoms with E-state index in [-0.39, 0.29) is 85.7 Å². The maximum absolute atomic E-state index is 11.9. The van der Waals surface area contributed by atoms with E-state index in [9.17, 15) is 9.59 Å². The van der Waals surface area contributed by atoms with Crippen LogP contribution < -0.4 is 72.7 Å². The third-order valence-electron chi connectivity index (χ3n) is 18.2. The summed E-state index contributed by atoms with van der Waals surface area (Å²) < 4.78 is 5.43. The van der Waals surface area contributed by atoms with Crippen LogP contribution in [0.25, 0.3) is 0 Å². The fourth-order valence-corrected chi connectivity index (χ4v) is 11.4. The van der Waals surface area contributed by atoms with Crippen LogP contribution in [-0.4, -0.2) is 149 Å². The number of halogens is 5. The van der Waals surface area contributed by atoms with E-state index in [1.165, 1.54) is 125 Å². The van der Waals surface area contributed by atoms with Gasteiger partial charge >= 0.3 is 0 Å². The van der Waals surface area contributed by atoms with E-state index in [0.717, 1.165) is 84.9 Å². The fraction of sp³-hybridized carbons (Fsp3) is 0.629. The lowest BCUT2D eigenvalue weighted by Crippen LogP contribution is -3.00. The molecule has 3 fully saturated rings. The van der Waals surface area contributed by atoms with Crippen molar-refractivity contribution in [3.8, 4) is 0 Å². The van der Waals surface area contributed by atoms with Crippen molar-refractivity contribution in [2.24, 2.45) is 11.8 Å². The Bertz CT molecular complexity index is 2240. The van der Waals surface area contributed by atoms with E-state index < -0.39 is 0 Å². The second-order valence-corrected chi connectivity index (χ2v) is 27.3. The summed E-state index contributed by atoms with van der Waals surface area (Å²) in [5.74, 6) is 2.56. The molecule has 2 amide bonds. The first-order chi connectivity index (χ1) is 37.3. The maximum atomic E-state index is 11.9. The minimum absolute atomic E-state index is 0. The van der Waals surface area contributed by atoms with Crippen molar-refractivity contribution in [2.45, 2.75) is 165 Å². The van der Waals surface area contributed by atoms with Gasteiger partial charge in [0.2, 0.25) is 11.8 Å². The van der Waals surface area contributed by atoms with Gasteiger partial charge in [0.05, 0.1) is 62.4 Å². The predicted molar refractivity (Wildman–Crippen MR) is 336 cm³/mol. The molecule has 2 N–H and O–H groups in total. The smallest absolute Gasteiger partial charge is 0.222 e. The Balaban J connectivity index is 0. The second kappa shape index (κ2) is 39.9. The predicted octanol–water partition coefficient (Wildman–Crippen LogP) is -1.55. The van der Waals surface area contributed by atoms with Crippen molar-refractivity contribution >= 4 is 11.8 Å². The first-order valence-electron chi connectivity index (χ1n) is 31.3. The summed E-state index contributed by atoms with van der Waals surface area (Å²) in [4.78, 5) is 23.8. The van der Waals surface area contributed by atoms with Gasteiger partial charge in [-0.15, -0.1) is 0 Å². The molecule has 480 valence electrons. The number of benzene rings is 4. The van der Waals surface area contributed by atoms with Crippen LogP contribution in [0.1, 0.15) is 176 Å². The van der Waals surface area contributed by atoms with Crippen LogP contribution in [0.3, 0.4) is 0 Å². The van der Waals surface area contributed by atoms with Gasteiger partial charge in [-0.3, -0.25) is 9.59 Å². The van der Waals surface area contributed by atoms with Gasteiger partial charge in [0.25, 0.3) is 0 Å².